The van der Waals surface area contributed by atoms with Crippen molar-refractivity contribution in [3.63, 3.8) is 0 Å². The van der Waals surface area contributed by atoms with Gasteiger partial charge in [-0.15, -0.1) is 0 Å². The van der Waals surface area contributed by atoms with Crippen LogP contribution in [0.4, 0.5) is 10.1 Å². The summed E-state index contributed by atoms with van der Waals surface area (Å²) in [6.07, 6.45) is 0.592. The molecule has 1 aliphatic heterocycles. The van der Waals surface area contributed by atoms with E-state index in [9.17, 15) is 14.0 Å². The second kappa shape index (κ2) is 9.74. The highest BCUT2D eigenvalue weighted by Crippen LogP contribution is 2.18. The molecule has 3 rings (SSSR count). The van der Waals surface area contributed by atoms with E-state index in [0.29, 0.717) is 38.2 Å². The molecule has 30 heavy (non-hydrogen) atoms. The Morgan fingerprint density at radius 1 is 1.00 bits per heavy atom. The minimum absolute atomic E-state index is 0.0376. The number of aryl methyl sites for hydroxylation is 1. The number of benzene rings is 2. The number of carbonyl (C=O) groups is 2. The van der Waals surface area contributed by atoms with Crippen LogP contribution in [0.15, 0.2) is 48.5 Å². The molecule has 0 saturated carbocycles. The lowest BCUT2D eigenvalue weighted by Crippen LogP contribution is -2.55. The minimum atomic E-state index is -0.547. The number of amides is 2. The quantitative estimate of drug-likeness (QED) is 0.790. The molecule has 1 aliphatic rings. The van der Waals surface area contributed by atoms with Gasteiger partial charge in [-0.05, 0) is 55.2 Å². The van der Waals surface area contributed by atoms with Gasteiger partial charge < -0.3 is 15.1 Å². The van der Waals surface area contributed by atoms with Crippen LogP contribution in [0.3, 0.4) is 0 Å². The standard InChI is InChI=1S/C24H30FN3O2/c1-17(2)16-22(26-23(29)21-7-5-4-6-18(21)3)24(30)28-14-12-27(13-15-28)20-10-8-19(25)9-11-20/h4-11,17,22H,12-16H2,1-3H3,(H,26,29). The van der Waals surface area contributed by atoms with Crippen LogP contribution in [0.2, 0.25) is 0 Å². The number of piperazine rings is 1. The van der Waals surface area contributed by atoms with E-state index in [1.54, 1.807) is 18.2 Å². The highest BCUT2D eigenvalue weighted by atomic mass is 19.1. The number of nitrogens with zero attached hydrogens (tertiary/aromatic N) is 2. The Balaban J connectivity index is 1.64. The molecule has 2 aromatic carbocycles. The Kier molecular flexibility index (Phi) is 7.08. The Morgan fingerprint density at radius 2 is 1.63 bits per heavy atom. The molecule has 0 bridgehead atoms. The Morgan fingerprint density at radius 3 is 2.23 bits per heavy atom. The van der Waals surface area contributed by atoms with Gasteiger partial charge >= 0.3 is 0 Å². The van der Waals surface area contributed by atoms with Gasteiger partial charge in [0.1, 0.15) is 11.9 Å². The van der Waals surface area contributed by atoms with Crippen LogP contribution in [0.25, 0.3) is 0 Å². The zero-order valence-electron chi connectivity index (χ0n) is 17.9. The van der Waals surface area contributed by atoms with Crippen LogP contribution in [-0.4, -0.2) is 48.9 Å². The van der Waals surface area contributed by atoms with Crippen molar-refractivity contribution in [2.45, 2.75) is 33.2 Å². The fourth-order valence-electron chi connectivity index (χ4n) is 3.81. The number of hydrogen-bond acceptors (Lipinski definition) is 3. The van der Waals surface area contributed by atoms with Crippen molar-refractivity contribution in [2.75, 3.05) is 31.1 Å². The summed E-state index contributed by atoms with van der Waals surface area (Å²) in [6, 6.07) is 13.3. The maximum Gasteiger partial charge on any atom is 0.252 e. The van der Waals surface area contributed by atoms with Crippen molar-refractivity contribution < 1.29 is 14.0 Å². The van der Waals surface area contributed by atoms with E-state index in [4.69, 9.17) is 0 Å². The smallest absolute Gasteiger partial charge is 0.252 e. The molecule has 6 heteroatoms. The molecule has 2 amide bonds. The summed E-state index contributed by atoms with van der Waals surface area (Å²) in [5.41, 5.74) is 2.44. The summed E-state index contributed by atoms with van der Waals surface area (Å²) >= 11 is 0. The highest BCUT2D eigenvalue weighted by molar-refractivity contribution is 5.98. The summed E-state index contributed by atoms with van der Waals surface area (Å²) in [5, 5.41) is 2.97. The van der Waals surface area contributed by atoms with E-state index in [1.807, 2.05) is 43.9 Å². The molecule has 1 fully saturated rings. The molecule has 1 unspecified atom stereocenters. The third-order valence-corrected chi connectivity index (χ3v) is 5.48. The van der Waals surface area contributed by atoms with Crippen LogP contribution < -0.4 is 10.2 Å². The first-order valence-electron chi connectivity index (χ1n) is 10.5. The number of halogens is 1. The first-order valence-corrected chi connectivity index (χ1v) is 10.5. The van der Waals surface area contributed by atoms with Gasteiger partial charge in [0.05, 0.1) is 0 Å². The predicted octanol–water partition coefficient (Wildman–Crippen LogP) is 3.63. The Bertz CT molecular complexity index is 874. The van der Waals surface area contributed by atoms with Crippen molar-refractivity contribution in [1.82, 2.24) is 10.2 Å². The predicted molar refractivity (Wildman–Crippen MR) is 117 cm³/mol. The van der Waals surface area contributed by atoms with Gasteiger partial charge in [0.15, 0.2) is 0 Å². The fraction of sp³-hybridized carbons (Fsp3) is 0.417. The third kappa shape index (κ3) is 5.38. The second-order valence-electron chi connectivity index (χ2n) is 8.26. The zero-order chi connectivity index (χ0) is 21.7. The van der Waals surface area contributed by atoms with Crippen molar-refractivity contribution >= 4 is 17.5 Å². The highest BCUT2D eigenvalue weighted by Gasteiger charge is 2.29. The van der Waals surface area contributed by atoms with E-state index in [-0.39, 0.29) is 23.5 Å². The molecular weight excluding hydrogens is 381 g/mol. The summed E-state index contributed by atoms with van der Waals surface area (Å²) in [7, 11) is 0. The largest absolute Gasteiger partial charge is 0.368 e. The van der Waals surface area contributed by atoms with Crippen molar-refractivity contribution in [3.05, 3.63) is 65.5 Å². The van der Waals surface area contributed by atoms with Gasteiger partial charge in [0.2, 0.25) is 5.91 Å². The average molecular weight is 412 g/mol. The molecule has 0 spiro atoms. The molecule has 0 aliphatic carbocycles. The van der Waals surface area contributed by atoms with Crippen LogP contribution in [0, 0.1) is 18.7 Å². The molecule has 2 aromatic rings. The van der Waals surface area contributed by atoms with Crippen molar-refractivity contribution in [3.8, 4) is 0 Å². The SMILES string of the molecule is Cc1ccccc1C(=O)NC(CC(C)C)C(=O)N1CCN(c2ccc(F)cc2)CC1. The van der Waals surface area contributed by atoms with Crippen LogP contribution in [-0.2, 0) is 4.79 Å². The molecule has 1 saturated heterocycles. The van der Waals surface area contributed by atoms with Gasteiger partial charge in [-0.1, -0.05) is 32.0 Å². The second-order valence-corrected chi connectivity index (χ2v) is 8.26. The molecule has 0 radical (unpaired) electrons. The normalized spacial score (nSPS) is 15.2. The van der Waals surface area contributed by atoms with Gasteiger partial charge in [-0.25, -0.2) is 4.39 Å². The molecular formula is C24H30FN3O2. The fourth-order valence-corrected chi connectivity index (χ4v) is 3.81. The van der Waals surface area contributed by atoms with E-state index in [0.717, 1.165) is 11.3 Å². The lowest BCUT2D eigenvalue weighted by atomic mass is 10.0. The number of hydrogen-bond donors (Lipinski definition) is 1. The van der Waals surface area contributed by atoms with E-state index in [1.165, 1.54) is 12.1 Å². The van der Waals surface area contributed by atoms with Crippen LogP contribution in [0.1, 0.15) is 36.2 Å². The van der Waals surface area contributed by atoms with E-state index in [2.05, 4.69) is 10.2 Å². The van der Waals surface area contributed by atoms with Gasteiger partial charge in [0.25, 0.3) is 5.91 Å². The first kappa shape index (κ1) is 21.8. The molecule has 0 aromatic heterocycles. The van der Waals surface area contributed by atoms with Crippen molar-refractivity contribution in [2.24, 2.45) is 5.92 Å². The van der Waals surface area contributed by atoms with E-state index >= 15 is 0 Å². The number of rotatable bonds is 6. The summed E-state index contributed by atoms with van der Waals surface area (Å²) in [5.74, 6) is -0.230. The lowest BCUT2D eigenvalue weighted by Gasteiger charge is -2.38. The van der Waals surface area contributed by atoms with Crippen LogP contribution in [0.5, 0.6) is 0 Å². The molecule has 1 N–H and O–H groups in total. The average Bonchev–Trinajstić information content (AvgIpc) is 2.73. The molecule has 1 atom stereocenters. The minimum Gasteiger partial charge on any atom is -0.368 e. The van der Waals surface area contributed by atoms with Gasteiger partial charge in [-0.2, -0.15) is 0 Å². The summed E-state index contributed by atoms with van der Waals surface area (Å²) < 4.78 is 13.2. The summed E-state index contributed by atoms with van der Waals surface area (Å²) in [4.78, 5) is 30.0. The van der Waals surface area contributed by atoms with Gasteiger partial charge in [-0.3, -0.25) is 9.59 Å². The van der Waals surface area contributed by atoms with E-state index < -0.39 is 6.04 Å². The molecule has 160 valence electrons. The zero-order valence-corrected chi connectivity index (χ0v) is 17.9. The lowest BCUT2D eigenvalue weighted by molar-refractivity contribution is -0.134. The number of carbonyl (C=O) groups excluding carboxylic acids is 2. The number of anilines is 1. The third-order valence-electron chi connectivity index (χ3n) is 5.48. The topological polar surface area (TPSA) is 52.7 Å². The van der Waals surface area contributed by atoms with Crippen LogP contribution >= 0.6 is 0 Å². The summed E-state index contributed by atoms with van der Waals surface area (Å²) in [6.45, 7) is 8.49. The maximum absolute atomic E-state index is 13.2. The van der Waals surface area contributed by atoms with Gasteiger partial charge in [0, 0.05) is 37.4 Å². The monoisotopic (exact) mass is 411 g/mol. The first-order chi connectivity index (χ1) is 14.3. The molecule has 1 heterocycles. The maximum atomic E-state index is 13.2. The van der Waals surface area contributed by atoms with Crippen molar-refractivity contribution in [1.29, 1.82) is 0 Å². The number of nitrogens with one attached hydrogen (secondary N) is 1. The Labute approximate surface area is 177 Å². The molecule has 5 nitrogen and oxygen atoms in total. The Hall–Kier alpha value is -2.89.